The fourth-order valence-corrected chi connectivity index (χ4v) is 1.94. The molecule has 0 aliphatic rings. The van der Waals surface area contributed by atoms with Crippen LogP contribution in [0.4, 0.5) is 11.4 Å². The summed E-state index contributed by atoms with van der Waals surface area (Å²) in [7, 11) is 3.84. The van der Waals surface area contributed by atoms with Crippen molar-refractivity contribution >= 4 is 23.3 Å². The van der Waals surface area contributed by atoms with Crippen molar-refractivity contribution in [1.29, 1.82) is 0 Å². The fourth-order valence-electron chi connectivity index (χ4n) is 1.94. The predicted molar refractivity (Wildman–Crippen MR) is 90.9 cm³/mol. The van der Waals surface area contributed by atoms with Crippen molar-refractivity contribution in [2.75, 3.05) is 30.9 Å². The molecule has 1 N–H and O–H groups in total. The summed E-state index contributed by atoms with van der Waals surface area (Å²) in [6, 6.07) is 14.4. The predicted octanol–water partition coefficient (Wildman–Crippen LogP) is 2.86. The average Bonchev–Trinajstić information content (AvgIpc) is 2.55. The van der Waals surface area contributed by atoms with Gasteiger partial charge in [-0.05, 0) is 43.3 Å². The Morgan fingerprint density at radius 3 is 2.17 bits per heavy atom. The topological polar surface area (TPSA) is 58.6 Å². The van der Waals surface area contributed by atoms with E-state index in [0.29, 0.717) is 11.3 Å². The third-order valence-corrected chi connectivity index (χ3v) is 3.29. The van der Waals surface area contributed by atoms with Gasteiger partial charge in [0.2, 0.25) is 0 Å². The molecule has 0 bridgehead atoms. The Kier molecular flexibility index (Phi) is 5.36. The van der Waals surface area contributed by atoms with Crippen LogP contribution in [-0.2, 0) is 9.53 Å². The third-order valence-electron chi connectivity index (χ3n) is 3.29. The summed E-state index contributed by atoms with van der Waals surface area (Å²) < 4.78 is 5.02. The number of hydrogen-bond donors (Lipinski definition) is 1. The highest BCUT2D eigenvalue weighted by molar-refractivity contribution is 5.95. The molecule has 0 unspecified atom stereocenters. The number of benzene rings is 2. The Hall–Kier alpha value is -2.82. The van der Waals surface area contributed by atoms with Gasteiger partial charge < -0.3 is 15.0 Å². The zero-order valence-corrected chi connectivity index (χ0v) is 13.5. The van der Waals surface area contributed by atoms with E-state index < -0.39 is 5.97 Å². The Bertz CT molecular complexity index is 676. The normalized spacial score (nSPS) is 10.0. The molecule has 0 spiro atoms. The maximum atomic E-state index is 11.9. The molecule has 5 heteroatoms. The molecule has 5 nitrogen and oxygen atoms in total. The molecule has 1 amide bonds. The van der Waals surface area contributed by atoms with Crippen LogP contribution < -0.4 is 10.2 Å². The molecule has 0 heterocycles. The molecule has 0 saturated heterocycles. The fraction of sp³-hybridized carbons (Fsp3) is 0.222. The number of nitrogens with zero attached hydrogens (tertiary/aromatic N) is 1. The lowest BCUT2D eigenvalue weighted by Crippen LogP contribution is -2.21. The zero-order valence-electron chi connectivity index (χ0n) is 13.5. The molecule has 0 atom stereocenters. The number of rotatable bonds is 5. The molecule has 0 aromatic heterocycles. The second kappa shape index (κ2) is 7.45. The first kappa shape index (κ1) is 16.5. The minimum Gasteiger partial charge on any atom is -0.452 e. The summed E-state index contributed by atoms with van der Waals surface area (Å²) in [6.07, 6.45) is 0. The highest BCUT2D eigenvalue weighted by atomic mass is 16.5. The number of carbonyl (C=O) groups is 2. The molecule has 0 aliphatic heterocycles. The summed E-state index contributed by atoms with van der Waals surface area (Å²) in [6.45, 7) is 1.65. The third kappa shape index (κ3) is 4.85. The van der Waals surface area contributed by atoms with Crippen molar-refractivity contribution in [1.82, 2.24) is 0 Å². The van der Waals surface area contributed by atoms with E-state index in [1.807, 2.05) is 50.2 Å². The van der Waals surface area contributed by atoms with Gasteiger partial charge in [0, 0.05) is 25.5 Å². The van der Waals surface area contributed by atoms with Crippen molar-refractivity contribution in [3.05, 3.63) is 59.7 Å². The quantitative estimate of drug-likeness (QED) is 0.863. The molecule has 0 aliphatic carbocycles. The van der Waals surface area contributed by atoms with Crippen molar-refractivity contribution in [3.63, 3.8) is 0 Å². The second-order valence-corrected chi connectivity index (χ2v) is 5.43. The van der Waals surface area contributed by atoms with E-state index >= 15 is 0 Å². The van der Waals surface area contributed by atoms with E-state index in [2.05, 4.69) is 5.32 Å². The standard InChI is InChI=1S/C18H20N2O3/c1-13-4-8-15(9-5-13)19-17(21)12-23-18(22)14-6-10-16(11-7-14)20(2)3/h4-11H,12H2,1-3H3,(H,19,21). The van der Waals surface area contributed by atoms with Crippen molar-refractivity contribution in [3.8, 4) is 0 Å². The maximum Gasteiger partial charge on any atom is 0.338 e. The summed E-state index contributed by atoms with van der Waals surface area (Å²) in [5.41, 5.74) is 3.18. The van der Waals surface area contributed by atoms with Gasteiger partial charge in [0.05, 0.1) is 5.56 Å². The number of anilines is 2. The molecular formula is C18H20N2O3. The van der Waals surface area contributed by atoms with Crippen LogP contribution in [0.2, 0.25) is 0 Å². The number of aryl methyl sites for hydroxylation is 1. The van der Waals surface area contributed by atoms with Crippen molar-refractivity contribution in [2.24, 2.45) is 0 Å². The Balaban J connectivity index is 1.85. The smallest absolute Gasteiger partial charge is 0.338 e. The lowest BCUT2D eigenvalue weighted by atomic mass is 10.2. The Morgan fingerprint density at radius 1 is 1.00 bits per heavy atom. The number of esters is 1. The first-order valence-electron chi connectivity index (χ1n) is 7.27. The molecule has 0 fully saturated rings. The summed E-state index contributed by atoms with van der Waals surface area (Å²) >= 11 is 0. The molecule has 23 heavy (non-hydrogen) atoms. The average molecular weight is 312 g/mol. The minimum atomic E-state index is -0.519. The molecule has 0 saturated carbocycles. The van der Waals surface area contributed by atoms with Crippen LogP contribution in [0.25, 0.3) is 0 Å². The Morgan fingerprint density at radius 2 is 1.61 bits per heavy atom. The lowest BCUT2D eigenvalue weighted by Gasteiger charge is -2.12. The van der Waals surface area contributed by atoms with E-state index in [-0.39, 0.29) is 12.5 Å². The van der Waals surface area contributed by atoms with Gasteiger partial charge in [0.15, 0.2) is 6.61 Å². The Labute approximate surface area is 135 Å². The summed E-state index contributed by atoms with van der Waals surface area (Å²) in [5, 5.41) is 2.68. The molecule has 2 aromatic carbocycles. The van der Waals surface area contributed by atoms with Crippen LogP contribution in [0.3, 0.4) is 0 Å². The number of amides is 1. The van der Waals surface area contributed by atoms with Gasteiger partial charge in [-0.1, -0.05) is 17.7 Å². The van der Waals surface area contributed by atoms with Crippen LogP contribution in [0, 0.1) is 6.92 Å². The van der Waals surface area contributed by atoms with E-state index in [0.717, 1.165) is 11.3 Å². The van der Waals surface area contributed by atoms with Gasteiger partial charge in [-0.25, -0.2) is 4.79 Å². The lowest BCUT2D eigenvalue weighted by molar-refractivity contribution is -0.119. The van der Waals surface area contributed by atoms with Gasteiger partial charge >= 0.3 is 5.97 Å². The molecule has 0 radical (unpaired) electrons. The molecule has 120 valence electrons. The van der Waals surface area contributed by atoms with Gasteiger partial charge in [0.25, 0.3) is 5.91 Å². The SMILES string of the molecule is Cc1ccc(NC(=O)COC(=O)c2ccc(N(C)C)cc2)cc1. The highest BCUT2D eigenvalue weighted by Gasteiger charge is 2.10. The second-order valence-electron chi connectivity index (χ2n) is 5.43. The summed E-state index contributed by atoms with van der Waals surface area (Å²) in [4.78, 5) is 25.6. The molecular weight excluding hydrogens is 292 g/mol. The van der Waals surface area contributed by atoms with Crippen molar-refractivity contribution < 1.29 is 14.3 Å². The molecule has 2 rings (SSSR count). The van der Waals surface area contributed by atoms with E-state index in [4.69, 9.17) is 4.74 Å². The largest absolute Gasteiger partial charge is 0.452 e. The monoisotopic (exact) mass is 312 g/mol. The van der Waals surface area contributed by atoms with Crippen LogP contribution in [0.5, 0.6) is 0 Å². The van der Waals surface area contributed by atoms with E-state index in [1.54, 1.807) is 24.3 Å². The first-order chi connectivity index (χ1) is 11.0. The maximum absolute atomic E-state index is 11.9. The summed E-state index contributed by atoms with van der Waals surface area (Å²) in [5.74, 6) is -0.888. The first-order valence-corrected chi connectivity index (χ1v) is 7.27. The highest BCUT2D eigenvalue weighted by Crippen LogP contribution is 2.13. The zero-order chi connectivity index (χ0) is 16.8. The van der Waals surface area contributed by atoms with Crippen molar-refractivity contribution in [2.45, 2.75) is 6.92 Å². The van der Waals surface area contributed by atoms with Gasteiger partial charge in [-0.3, -0.25) is 4.79 Å². The van der Waals surface area contributed by atoms with Crippen LogP contribution in [0.15, 0.2) is 48.5 Å². The number of nitrogens with one attached hydrogen (secondary N) is 1. The van der Waals surface area contributed by atoms with E-state index in [9.17, 15) is 9.59 Å². The van der Waals surface area contributed by atoms with Crippen LogP contribution in [0.1, 0.15) is 15.9 Å². The van der Waals surface area contributed by atoms with Gasteiger partial charge in [-0.2, -0.15) is 0 Å². The van der Waals surface area contributed by atoms with E-state index in [1.165, 1.54) is 0 Å². The number of hydrogen-bond acceptors (Lipinski definition) is 4. The van der Waals surface area contributed by atoms with Gasteiger partial charge in [0.1, 0.15) is 0 Å². The van der Waals surface area contributed by atoms with Crippen LogP contribution in [-0.4, -0.2) is 32.6 Å². The van der Waals surface area contributed by atoms with Gasteiger partial charge in [-0.15, -0.1) is 0 Å². The number of ether oxygens (including phenoxy) is 1. The minimum absolute atomic E-state index is 0.317. The van der Waals surface area contributed by atoms with Crippen LogP contribution >= 0.6 is 0 Å². The number of carbonyl (C=O) groups excluding carboxylic acids is 2. The molecule has 2 aromatic rings.